The number of halogens is 3. The molecular formula is C25H34F3N3O3S. The minimum Gasteiger partial charge on any atom is -0.348 e. The van der Waals surface area contributed by atoms with E-state index in [0.717, 1.165) is 17.8 Å². The molecule has 0 radical (unpaired) electrons. The highest BCUT2D eigenvalue weighted by Gasteiger charge is 2.49. The Hall–Kier alpha value is -2.36. The van der Waals surface area contributed by atoms with E-state index in [1.165, 1.54) is 19.9 Å². The van der Waals surface area contributed by atoms with Crippen LogP contribution in [0.25, 0.3) is 0 Å². The van der Waals surface area contributed by atoms with Crippen molar-refractivity contribution in [2.45, 2.75) is 94.6 Å². The van der Waals surface area contributed by atoms with Crippen LogP contribution in [0.5, 0.6) is 0 Å². The van der Waals surface area contributed by atoms with Crippen molar-refractivity contribution in [2.75, 3.05) is 0 Å². The number of carbonyl (C=O) groups is 1. The normalized spacial score (nSPS) is 19.5. The van der Waals surface area contributed by atoms with Crippen molar-refractivity contribution in [1.29, 1.82) is 0 Å². The summed E-state index contributed by atoms with van der Waals surface area (Å²) in [6, 6.07) is 5.40. The van der Waals surface area contributed by atoms with Crippen LogP contribution >= 0.6 is 0 Å². The molecule has 35 heavy (non-hydrogen) atoms. The number of alkyl halides is 3. The van der Waals surface area contributed by atoms with Crippen LogP contribution < -0.4 is 5.32 Å². The van der Waals surface area contributed by atoms with Crippen molar-refractivity contribution in [3.05, 3.63) is 47.3 Å². The molecule has 6 nitrogen and oxygen atoms in total. The van der Waals surface area contributed by atoms with Gasteiger partial charge in [-0.3, -0.25) is 9.48 Å². The maximum absolute atomic E-state index is 13.3. The summed E-state index contributed by atoms with van der Waals surface area (Å²) in [6.07, 6.45) is -3.80. The number of carbonyl (C=O) groups excluding carboxylic acids is 1. The van der Waals surface area contributed by atoms with E-state index < -0.39 is 26.3 Å². The van der Waals surface area contributed by atoms with Gasteiger partial charge < -0.3 is 5.32 Å². The maximum Gasteiger partial charge on any atom is 0.416 e. The number of hydrogen-bond donors (Lipinski definition) is 1. The number of sulfone groups is 1. The Morgan fingerprint density at radius 1 is 1.09 bits per heavy atom. The summed E-state index contributed by atoms with van der Waals surface area (Å²) in [4.78, 5) is 12.7. The number of nitrogens with one attached hydrogen (secondary N) is 1. The van der Waals surface area contributed by atoms with E-state index in [1.807, 2.05) is 34.6 Å². The van der Waals surface area contributed by atoms with E-state index in [0.29, 0.717) is 24.6 Å². The predicted molar refractivity (Wildman–Crippen MR) is 128 cm³/mol. The van der Waals surface area contributed by atoms with Crippen molar-refractivity contribution >= 4 is 15.7 Å². The molecule has 0 unspecified atom stereocenters. The van der Waals surface area contributed by atoms with E-state index in [-0.39, 0.29) is 34.2 Å². The smallest absolute Gasteiger partial charge is 0.348 e. The van der Waals surface area contributed by atoms with Crippen molar-refractivity contribution in [3.8, 4) is 0 Å². The van der Waals surface area contributed by atoms with Gasteiger partial charge >= 0.3 is 6.18 Å². The Balaban J connectivity index is 1.73. The van der Waals surface area contributed by atoms with Crippen LogP contribution in [0.4, 0.5) is 13.2 Å². The molecule has 3 rings (SSSR count). The molecule has 0 saturated heterocycles. The molecule has 1 amide bonds. The minimum absolute atomic E-state index is 0.0162. The molecule has 1 aromatic carbocycles. The number of amides is 1. The fourth-order valence-electron chi connectivity index (χ4n) is 4.25. The number of hydrogen-bond acceptors (Lipinski definition) is 4. The van der Waals surface area contributed by atoms with Gasteiger partial charge in [0.25, 0.3) is 5.91 Å². The van der Waals surface area contributed by atoms with Crippen LogP contribution in [0.1, 0.15) is 89.1 Å². The highest BCUT2D eigenvalue weighted by molar-refractivity contribution is 7.92. The lowest BCUT2D eigenvalue weighted by Gasteiger charge is -2.45. The summed E-state index contributed by atoms with van der Waals surface area (Å²) < 4.78 is 66.2. The third kappa shape index (κ3) is 5.27. The van der Waals surface area contributed by atoms with Crippen LogP contribution in [-0.2, 0) is 21.4 Å². The van der Waals surface area contributed by atoms with Gasteiger partial charge in [0, 0.05) is 17.5 Å². The number of benzene rings is 1. The second kappa shape index (κ2) is 8.94. The topological polar surface area (TPSA) is 81.1 Å². The van der Waals surface area contributed by atoms with Gasteiger partial charge in [-0.15, -0.1) is 0 Å². The van der Waals surface area contributed by atoms with Crippen LogP contribution in [0.2, 0.25) is 0 Å². The molecule has 1 saturated carbocycles. The summed E-state index contributed by atoms with van der Waals surface area (Å²) in [5.74, 6) is -0.587. The molecule has 10 heteroatoms. The third-order valence-corrected chi connectivity index (χ3v) is 9.44. The van der Waals surface area contributed by atoms with E-state index >= 15 is 0 Å². The quantitative estimate of drug-likeness (QED) is 0.550. The largest absolute Gasteiger partial charge is 0.416 e. The Bertz CT molecular complexity index is 1200. The van der Waals surface area contributed by atoms with Gasteiger partial charge in [0.05, 0.1) is 20.9 Å². The Kier molecular flexibility index (Phi) is 6.96. The predicted octanol–water partition coefficient (Wildman–Crippen LogP) is 5.54. The molecular weight excluding hydrogens is 479 g/mol. The first-order valence-electron chi connectivity index (χ1n) is 11.7. The van der Waals surface area contributed by atoms with Crippen LogP contribution in [-0.4, -0.2) is 34.9 Å². The zero-order valence-corrected chi connectivity index (χ0v) is 22.0. The zero-order chi connectivity index (χ0) is 26.6. The SMILES string of the molecule is CC(C)n1nc(C(C)(C)C)cc1C(=O)NC1CC(C(C)(C)S(=O)(=O)c2cccc(C(F)(F)F)c2)C1. The molecule has 0 spiro atoms. The Morgan fingerprint density at radius 2 is 1.69 bits per heavy atom. The lowest BCUT2D eigenvalue weighted by molar-refractivity contribution is -0.137. The van der Waals surface area contributed by atoms with Crippen molar-refractivity contribution in [2.24, 2.45) is 5.92 Å². The van der Waals surface area contributed by atoms with Gasteiger partial charge in [-0.25, -0.2) is 8.42 Å². The first-order valence-corrected chi connectivity index (χ1v) is 13.2. The van der Waals surface area contributed by atoms with Crippen molar-refractivity contribution in [1.82, 2.24) is 15.1 Å². The van der Waals surface area contributed by atoms with Crippen LogP contribution in [0.15, 0.2) is 35.2 Å². The van der Waals surface area contributed by atoms with Gasteiger partial charge in [0.15, 0.2) is 9.84 Å². The minimum atomic E-state index is -4.63. The molecule has 1 aliphatic rings. The number of nitrogens with zero attached hydrogens (tertiary/aromatic N) is 2. The average Bonchev–Trinajstić information content (AvgIpc) is 3.16. The summed E-state index contributed by atoms with van der Waals surface area (Å²) in [5.41, 5.74) is 0.0309. The van der Waals surface area contributed by atoms with E-state index in [2.05, 4.69) is 10.4 Å². The first kappa shape index (κ1) is 27.2. The molecule has 1 heterocycles. The molecule has 1 fully saturated rings. The molecule has 194 valence electrons. The van der Waals surface area contributed by atoms with E-state index in [1.54, 1.807) is 10.7 Å². The van der Waals surface area contributed by atoms with Gasteiger partial charge in [-0.05, 0) is 70.7 Å². The molecule has 0 atom stereocenters. The number of aromatic nitrogens is 2. The summed E-state index contributed by atoms with van der Waals surface area (Å²) in [6.45, 7) is 13.0. The van der Waals surface area contributed by atoms with Crippen LogP contribution in [0, 0.1) is 5.92 Å². The first-order chi connectivity index (χ1) is 15.9. The van der Waals surface area contributed by atoms with Gasteiger partial charge in [0.1, 0.15) is 5.69 Å². The fourth-order valence-corrected chi connectivity index (χ4v) is 6.03. The van der Waals surface area contributed by atoms with Gasteiger partial charge in [-0.1, -0.05) is 26.8 Å². The van der Waals surface area contributed by atoms with Crippen LogP contribution in [0.3, 0.4) is 0 Å². The standard InChI is InChI=1S/C25H34F3N3O3S/c1-15(2)31-20(14-21(30-31)23(3,4)5)22(32)29-18-11-17(12-18)24(6,7)35(33,34)19-10-8-9-16(13-19)25(26,27)28/h8-10,13-15,17-18H,11-12H2,1-7H3,(H,29,32). The molecule has 1 N–H and O–H groups in total. The summed E-state index contributed by atoms with van der Waals surface area (Å²) in [7, 11) is -4.04. The van der Waals surface area contributed by atoms with Crippen molar-refractivity contribution < 1.29 is 26.4 Å². The molecule has 2 aromatic rings. The van der Waals surface area contributed by atoms with Gasteiger partial charge in [-0.2, -0.15) is 18.3 Å². The zero-order valence-electron chi connectivity index (χ0n) is 21.2. The highest BCUT2D eigenvalue weighted by Crippen LogP contribution is 2.44. The summed E-state index contributed by atoms with van der Waals surface area (Å²) in [5, 5.41) is 7.57. The monoisotopic (exact) mass is 513 g/mol. The fraction of sp³-hybridized carbons (Fsp3) is 0.600. The van der Waals surface area contributed by atoms with Gasteiger partial charge in [0.2, 0.25) is 0 Å². The molecule has 1 aliphatic carbocycles. The highest BCUT2D eigenvalue weighted by atomic mass is 32.2. The maximum atomic E-state index is 13.3. The molecule has 0 aliphatic heterocycles. The van der Waals surface area contributed by atoms with E-state index in [4.69, 9.17) is 0 Å². The Labute approximate surface area is 205 Å². The number of rotatable bonds is 6. The molecule has 1 aromatic heterocycles. The lowest BCUT2D eigenvalue weighted by atomic mass is 9.73. The van der Waals surface area contributed by atoms with Crippen molar-refractivity contribution in [3.63, 3.8) is 0 Å². The Morgan fingerprint density at radius 3 is 2.20 bits per heavy atom. The second-order valence-corrected chi connectivity index (χ2v) is 13.7. The third-order valence-electron chi connectivity index (χ3n) is 6.85. The lowest BCUT2D eigenvalue weighted by Crippen LogP contribution is -2.53. The molecule has 0 bridgehead atoms. The van der Waals surface area contributed by atoms with E-state index in [9.17, 15) is 26.4 Å². The average molecular weight is 514 g/mol. The second-order valence-electron chi connectivity index (χ2n) is 11.2. The summed E-state index contributed by atoms with van der Waals surface area (Å²) >= 11 is 0.